The Morgan fingerprint density at radius 1 is 1.86 bits per heavy atom. The van der Waals surface area contributed by atoms with Crippen molar-refractivity contribution in [3.8, 4) is 0 Å². The summed E-state index contributed by atoms with van der Waals surface area (Å²) in [6.07, 6.45) is 2.78. The number of nitrogens with zero attached hydrogens (tertiary/aromatic N) is 1. The molecule has 0 heterocycles. The average molecular weight is 101 g/mol. The molecule has 0 rings (SSSR count). The quantitative estimate of drug-likeness (QED) is 0.445. The zero-order valence-electron chi connectivity index (χ0n) is 4.26. The lowest BCUT2D eigenvalue weighted by molar-refractivity contribution is 1.38. The normalized spacial score (nSPS) is 13.0. The number of hydrogen-bond donors (Lipinski definition) is 2. The van der Waals surface area contributed by atoms with Crippen LogP contribution in [0, 0.1) is 0 Å². The minimum absolute atomic E-state index is 0. The summed E-state index contributed by atoms with van der Waals surface area (Å²) in [7, 11) is 1.64. The molecule has 0 bridgehead atoms. The van der Waals surface area contributed by atoms with Crippen LogP contribution in [0.3, 0.4) is 0 Å². The molecule has 0 aliphatic carbocycles. The summed E-state index contributed by atoms with van der Waals surface area (Å²) < 4.78 is 0. The van der Waals surface area contributed by atoms with Gasteiger partial charge in [0.05, 0.1) is 5.70 Å². The van der Waals surface area contributed by atoms with Crippen LogP contribution in [0.1, 0.15) is 1.43 Å². The first-order valence-corrected chi connectivity index (χ1v) is 1.90. The van der Waals surface area contributed by atoms with Gasteiger partial charge in [-0.3, -0.25) is 4.99 Å². The predicted molar refractivity (Wildman–Crippen MR) is 33.0 cm³/mol. The third kappa shape index (κ3) is 2.82. The van der Waals surface area contributed by atoms with E-state index in [2.05, 4.69) is 4.99 Å². The molecule has 0 aromatic heterocycles. The van der Waals surface area contributed by atoms with Gasteiger partial charge in [0.2, 0.25) is 0 Å². The second-order valence-corrected chi connectivity index (χ2v) is 1.05. The van der Waals surface area contributed by atoms with Crippen molar-refractivity contribution in [1.29, 1.82) is 0 Å². The van der Waals surface area contributed by atoms with E-state index < -0.39 is 0 Å². The van der Waals surface area contributed by atoms with Crippen molar-refractivity contribution in [2.75, 3.05) is 7.05 Å². The molecule has 3 nitrogen and oxygen atoms in total. The van der Waals surface area contributed by atoms with Crippen LogP contribution < -0.4 is 11.5 Å². The van der Waals surface area contributed by atoms with Crippen molar-refractivity contribution in [1.82, 2.24) is 0 Å². The van der Waals surface area contributed by atoms with E-state index in [1.165, 1.54) is 12.4 Å². The Balaban J connectivity index is 0. The Morgan fingerprint density at radius 2 is 2.43 bits per heavy atom. The average Bonchev–Trinajstić information content (AvgIpc) is 1.68. The number of rotatable bonds is 1. The van der Waals surface area contributed by atoms with Crippen LogP contribution in [0.4, 0.5) is 0 Å². The van der Waals surface area contributed by atoms with Gasteiger partial charge in [0.25, 0.3) is 0 Å². The van der Waals surface area contributed by atoms with E-state index in [9.17, 15) is 0 Å². The summed E-state index contributed by atoms with van der Waals surface area (Å²) in [5.74, 6) is 0. The fraction of sp³-hybridized carbons (Fsp3) is 0.250. The molecule has 0 fully saturated rings. The molecule has 0 unspecified atom stereocenters. The number of hydrogen-bond acceptors (Lipinski definition) is 3. The highest BCUT2D eigenvalue weighted by Crippen LogP contribution is 1.67. The standard InChI is InChI=1S/C4H9N3.H2/c1-7-3-4(6)2-5;/h2-3H,5-6H2,1H3;1H/b4-2+,7-3?;. The van der Waals surface area contributed by atoms with E-state index in [-0.39, 0.29) is 1.43 Å². The van der Waals surface area contributed by atoms with Gasteiger partial charge in [0.15, 0.2) is 0 Å². The van der Waals surface area contributed by atoms with E-state index in [1.807, 2.05) is 0 Å². The van der Waals surface area contributed by atoms with Crippen LogP contribution >= 0.6 is 0 Å². The molecule has 0 amide bonds. The van der Waals surface area contributed by atoms with Crippen molar-refractivity contribution in [3.05, 3.63) is 11.9 Å². The van der Waals surface area contributed by atoms with Gasteiger partial charge in [-0.15, -0.1) is 0 Å². The largest absolute Gasteiger partial charge is 0.403 e. The molecule has 0 spiro atoms. The number of allylic oxidation sites excluding steroid dienone is 1. The van der Waals surface area contributed by atoms with E-state index in [0.717, 1.165) is 0 Å². The molecule has 0 aromatic rings. The topological polar surface area (TPSA) is 64.4 Å². The van der Waals surface area contributed by atoms with Crippen LogP contribution in [0.2, 0.25) is 0 Å². The Bertz CT molecular complexity index is 97.5. The molecule has 42 valence electrons. The Labute approximate surface area is 44.2 Å². The van der Waals surface area contributed by atoms with Gasteiger partial charge in [-0.2, -0.15) is 0 Å². The Kier molecular flexibility index (Phi) is 2.76. The second-order valence-electron chi connectivity index (χ2n) is 1.05. The van der Waals surface area contributed by atoms with E-state index in [4.69, 9.17) is 11.5 Å². The number of nitrogens with two attached hydrogens (primary N) is 2. The number of aliphatic imine (C=N–C) groups is 1. The maximum absolute atomic E-state index is 5.17. The first-order chi connectivity index (χ1) is 3.31. The lowest BCUT2D eigenvalue weighted by Crippen LogP contribution is -2.00. The molecular weight excluding hydrogens is 90.1 g/mol. The summed E-state index contributed by atoms with van der Waals surface area (Å²) in [6.45, 7) is 0. The van der Waals surface area contributed by atoms with Crippen molar-refractivity contribution in [2.45, 2.75) is 0 Å². The SMILES string of the molecule is CN=C/C(N)=C\N.[HH]. The molecule has 0 aliphatic heterocycles. The van der Waals surface area contributed by atoms with Crippen LogP contribution in [0.25, 0.3) is 0 Å². The highest BCUT2D eigenvalue weighted by molar-refractivity contribution is 5.76. The minimum Gasteiger partial charge on any atom is -0.403 e. The maximum atomic E-state index is 5.17. The zero-order chi connectivity index (χ0) is 5.70. The summed E-state index contributed by atoms with van der Waals surface area (Å²) in [5.41, 5.74) is 10.6. The van der Waals surface area contributed by atoms with Gasteiger partial charge in [-0.25, -0.2) is 0 Å². The molecule has 3 heteroatoms. The highest BCUT2D eigenvalue weighted by atomic mass is 14.7. The van der Waals surface area contributed by atoms with Gasteiger partial charge in [-0.1, -0.05) is 0 Å². The highest BCUT2D eigenvalue weighted by Gasteiger charge is 1.71. The van der Waals surface area contributed by atoms with E-state index in [0.29, 0.717) is 5.70 Å². The Morgan fingerprint density at radius 3 is 2.57 bits per heavy atom. The molecule has 0 saturated carbocycles. The van der Waals surface area contributed by atoms with Gasteiger partial charge in [-0.05, 0) is 0 Å². The maximum Gasteiger partial charge on any atom is 0.0652 e. The van der Waals surface area contributed by atoms with E-state index in [1.54, 1.807) is 7.05 Å². The third-order valence-electron chi connectivity index (χ3n) is 0.471. The zero-order valence-corrected chi connectivity index (χ0v) is 4.26. The molecule has 0 aromatic carbocycles. The van der Waals surface area contributed by atoms with Crippen molar-refractivity contribution < 1.29 is 1.43 Å². The lowest BCUT2D eigenvalue weighted by atomic mass is 10.5. The van der Waals surface area contributed by atoms with Crippen molar-refractivity contribution in [3.63, 3.8) is 0 Å². The van der Waals surface area contributed by atoms with Crippen molar-refractivity contribution >= 4 is 6.21 Å². The van der Waals surface area contributed by atoms with E-state index >= 15 is 0 Å². The fourth-order valence-electron chi connectivity index (χ4n) is 0.192. The van der Waals surface area contributed by atoms with Crippen molar-refractivity contribution in [2.24, 2.45) is 16.5 Å². The molecule has 0 atom stereocenters. The third-order valence-corrected chi connectivity index (χ3v) is 0.471. The summed E-state index contributed by atoms with van der Waals surface area (Å²) in [4.78, 5) is 3.61. The smallest absolute Gasteiger partial charge is 0.0652 e. The molecular formula is C4H11N3. The fourth-order valence-corrected chi connectivity index (χ4v) is 0.192. The molecule has 4 N–H and O–H groups in total. The first-order valence-electron chi connectivity index (χ1n) is 1.90. The summed E-state index contributed by atoms with van der Waals surface area (Å²) in [6, 6.07) is 0. The molecule has 0 aliphatic rings. The van der Waals surface area contributed by atoms with Crippen LogP contribution in [-0.4, -0.2) is 13.3 Å². The molecule has 0 radical (unpaired) electrons. The van der Waals surface area contributed by atoms with Gasteiger partial charge >= 0.3 is 0 Å². The van der Waals surface area contributed by atoms with Gasteiger partial charge in [0.1, 0.15) is 0 Å². The van der Waals surface area contributed by atoms with Gasteiger partial charge in [0, 0.05) is 20.9 Å². The molecule has 0 saturated heterocycles. The summed E-state index contributed by atoms with van der Waals surface area (Å²) in [5, 5.41) is 0. The van der Waals surface area contributed by atoms with Crippen LogP contribution in [0.15, 0.2) is 16.9 Å². The summed E-state index contributed by atoms with van der Waals surface area (Å²) >= 11 is 0. The van der Waals surface area contributed by atoms with Gasteiger partial charge < -0.3 is 11.5 Å². The molecule has 7 heavy (non-hydrogen) atoms. The lowest BCUT2D eigenvalue weighted by Gasteiger charge is -1.82. The van der Waals surface area contributed by atoms with Crippen LogP contribution in [-0.2, 0) is 0 Å². The second kappa shape index (κ2) is 3.21. The Hall–Kier alpha value is -0.990. The predicted octanol–water partition coefficient (Wildman–Crippen LogP) is -0.308. The van der Waals surface area contributed by atoms with Crippen LogP contribution in [0.5, 0.6) is 0 Å². The first kappa shape index (κ1) is 6.01. The minimum atomic E-state index is 0. The monoisotopic (exact) mass is 101 g/mol.